The number of likely N-dealkylation sites (tertiary alicyclic amines) is 1. The predicted molar refractivity (Wildman–Crippen MR) is 91.4 cm³/mol. The second kappa shape index (κ2) is 6.81. The van der Waals surface area contributed by atoms with Crippen molar-refractivity contribution in [1.29, 1.82) is 0 Å². The van der Waals surface area contributed by atoms with E-state index in [2.05, 4.69) is 10.3 Å². The maximum absolute atomic E-state index is 14.2. The summed E-state index contributed by atoms with van der Waals surface area (Å²) in [5.41, 5.74) is 0.311. The Labute approximate surface area is 150 Å². The molecule has 0 saturated carbocycles. The van der Waals surface area contributed by atoms with Crippen LogP contribution in [0.2, 0.25) is 0 Å². The van der Waals surface area contributed by atoms with Crippen molar-refractivity contribution >= 4 is 17.6 Å². The zero-order valence-corrected chi connectivity index (χ0v) is 15.0. The lowest BCUT2D eigenvalue weighted by molar-refractivity contribution is 0.0431. The fraction of sp³-hybridized carbons (Fsp3) is 0.556. The number of carbonyl (C=O) groups is 1. The molecule has 2 aliphatic rings. The monoisotopic (exact) mass is 369 g/mol. The number of halogens is 3. The molecular weight excluding hydrogens is 347 g/mol. The highest BCUT2D eigenvalue weighted by Gasteiger charge is 2.34. The van der Waals surface area contributed by atoms with E-state index in [0.717, 1.165) is 12.1 Å². The molecule has 1 aromatic carbocycles. The summed E-state index contributed by atoms with van der Waals surface area (Å²) in [6, 6.07) is 1.47. The third kappa shape index (κ3) is 4.11. The largest absolute Gasteiger partial charge is 0.444 e. The van der Waals surface area contributed by atoms with E-state index in [1.54, 1.807) is 20.8 Å². The summed E-state index contributed by atoms with van der Waals surface area (Å²) in [6.45, 7) is 5.84. The smallest absolute Gasteiger partial charge is 0.408 e. The van der Waals surface area contributed by atoms with Gasteiger partial charge >= 0.3 is 6.09 Å². The number of ether oxygens (including phenoxy) is 1. The van der Waals surface area contributed by atoms with Crippen LogP contribution in [-0.2, 0) is 11.2 Å². The Morgan fingerprint density at radius 3 is 2.69 bits per heavy atom. The molecule has 1 aromatic rings. The lowest BCUT2D eigenvalue weighted by atomic mass is 10.0. The van der Waals surface area contributed by atoms with Crippen molar-refractivity contribution < 1.29 is 22.7 Å². The minimum absolute atomic E-state index is 0.220. The molecule has 0 radical (unpaired) electrons. The first-order valence-corrected chi connectivity index (χ1v) is 8.56. The number of alkyl carbamates (subject to hydrolysis) is 1. The average Bonchev–Trinajstić information content (AvgIpc) is 2.90. The van der Waals surface area contributed by atoms with E-state index >= 15 is 0 Å². The Balaban J connectivity index is 1.67. The summed E-state index contributed by atoms with van der Waals surface area (Å²) in [5, 5.41) is 2.57. The van der Waals surface area contributed by atoms with Gasteiger partial charge in [0, 0.05) is 25.6 Å². The molecule has 26 heavy (non-hydrogen) atoms. The molecule has 2 heterocycles. The van der Waals surface area contributed by atoms with Crippen LogP contribution in [0.1, 0.15) is 32.8 Å². The first-order chi connectivity index (χ1) is 12.1. The highest BCUT2D eigenvalue weighted by atomic mass is 19.2. The van der Waals surface area contributed by atoms with Gasteiger partial charge in [-0.15, -0.1) is 0 Å². The molecule has 0 aromatic heterocycles. The maximum Gasteiger partial charge on any atom is 0.408 e. The molecule has 5 nitrogen and oxygen atoms in total. The van der Waals surface area contributed by atoms with Gasteiger partial charge in [-0.25, -0.2) is 23.0 Å². The number of hydrogen-bond donors (Lipinski definition) is 1. The zero-order chi connectivity index (χ0) is 19.1. The van der Waals surface area contributed by atoms with E-state index in [1.165, 1.54) is 0 Å². The van der Waals surface area contributed by atoms with Gasteiger partial charge in [-0.05, 0) is 38.8 Å². The van der Waals surface area contributed by atoms with Gasteiger partial charge in [-0.3, -0.25) is 0 Å². The minimum Gasteiger partial charge on any atom is -0.444 e. The van der Waals surface area contributed by atoms with Crippen LogP contribution in [0.15, 0.2) is 17.1 Å². The van der Waals surface area contributed by atoms with Gasteiger partial charge in [0.15, 0.2) is 11.6 Å². The van der Waals surface area contributed by atoms with Crippen molar-refractivity contribution in [3.8, 4) is 0 Å². The molecule has 0 spiro atoms. The lowest BCUT2D eigenvalue weighted by Crippen LogP contribution is -2.55. The van der Waals surface area contributed by atoms with Crippen LogP contribution >= 0.6 is 0 Å². The number of piperidine rings is 1. The Hall–Kier alpha value is -2.25. The van der Waals surface area contributed by atoms with E-state index in [1.807, 2.05) is 4.90 Å². The Morgan fingerprint density at radius 2 is 2.00 bits per heavy atom. The number of nitrogens with one attached hydrogen (secondary N) is 1. The van der Waals surface area contributed by atoms with Crippen LogP contribution in [-0.4, -0.2) is 47.7 Å². The van der Waals surface area contributed by atoms with Crippen LogP contribution in [0.4, 0.5) is 23.7 Å². The number of alkyl halides is 1. The molecule has 0 unspecified atom stereocenters. The fourth-order valence-corrected chi connectivity index (χ4v) is 3.11. The number of aliphatic imine (C=N–C) groups is 1. The summed E-state index contributed by atoms with van der Waals surface area (Å²) in [6.07, 6.45) is -1.30. The van der Waals surface area contributed by atoms with E-state index < -0.39 is 35.5 Å². The summed E-state index contributed by atoms with van der Waals surface area (Å²) < 4.78 is 46.2. The molecule has 1 fully saturated rings. The second-order valence-electron chi connectivity index (χ2n) is 7.60. The molecule has 142 valence electrons. The SMILES string of the molecule is CC(C)(C)OC(=O)N[C@@H]1CN(C2=Nc3cc(F)c(F)cc3C2)CC[C@H]1F. The van der Waals surface area contributed by atoms with Crippen molar-refractivity contribution in [3.63, 3.8) is 0 Å². The molecule has 1 amide bonds. The standard InChI is InChI=1S/C18H22F3N3O2/c1-18(2,3)26-17(25)23-15-9-24(5-4-11(15)19)16-7-10-6-12(20)13(21)8-14(10)22-16/h6,8,11,15H,4-5,7,9H2,1-3H3,(H,23,25)/t11-,15-/m1/s1. The fourth-order valence-electron chi connectivity index (χ4n) is 3.11. The van der Waals surface area contributed by atoms with Crippen LogP contribution in [0, 0.1) is 11.6 Å². The van der Waals surface area contributed by atoms with Crippen LogP contribution < -0.4 is 5.32 Å². The van der Waals surface area contributed by atoms with Crippen molar-refractivity contribution in [3.05, 3.63) is 29.3 Å². The van der Waals surface area contributed by atoms with Crippen molar-refractivity contribution in [2.45, 2.75) is 51.4 Å². The molecule has 2 atom stereocenters. The number of benzene rings is 1. The predicted octanol–water partition coefficient (Wildman–Crippen LogP) is 3.49. The highest BCUT2D eigenvalue weighted by molar-refractivity contribution is 5.92. The number of hydrogen-bond acceptors (Lipinski definition) is 4. The van der Waals surface area contributed by atoms with E-state index in [4.69, 9.17) is 4.74 Å². The molecule has 2 aliphatic heterocycles. The number of fused-ring (bicyclic) bond motifs is 1. The summed E-state index contributed by atoms with van der Waals surface area (Å²) in [7, 11) is 0. The van der Waals surface area contributed by atoms with Gasteiger partial charge in [0.25, 0.3) is 0 Å². The summed E-state index contributed by atoms with van der Waals surface area (Å²) >= 11 is 0. The Kier molecular flexibility index (Phi) is 4.86. The minimum atomic E-state index is -1.20. The lowest BCUT2D eigenvalue weighted by Gasteiger charge is -2.36. The van der Waals surface area contributed by atoms with Crippen LogP contribution in [0.3, 0.4) is 0 Å². The van der Waals surface area contributed by atoms with Gasteiger partial charge in [-0.2, -0.15) is 0 Å². The van der Waals surface area contributed by atoms with Crippen molar-refractivity contribution in [1.82, 2.24) is 10.2 Å². The van der Waals surface area contributed by atoms with E-state index in [0.29, 0.717) is 30.1 Å². The molecule has 3 rings (SSSR count). The zero-order valence-electron chi connectivity index (χ0n) is 15.0. The van der Waals surface area contributed by atoms with Crippen LogP contribution in [0.5, 0.6) is 0 Å². The number of nitrogens with zero attached hydrogens (tertiary/aromatic N) is 2. The number of amidine groups is 1. The first-order valence-electron chi connectivity index (χ1n) is 8.56. The Morgan fingerprint density at radius 1 is 1.31 bits per heavy atom. The third-order valence-electron chi connectivity index (χ3n) is 4.32. The maximum atomic E-state index is 14.2. The van der Waals surface area contributed by atoms with Crippen molar-refractivity contribution in [2.75, 3.05) is 13.1 Å². The summed E-state index contributed by atoms with van der Waals surface area (Å²) in [4.78, 5) is 18.1. The molecular formula is C18H22F3N3O2. The summed E-state index contributed by atoms with van der Waals surface area (Å²) in [5.74, 6) is -1.24. The van der Waals surface area contributed by atoms with E-state index in [-0.39, 0.29) is 13.0 Å². The van der Waals surface area contributed by atoms with Gasteiger partial charge in [0.2, 0.25) is 0 Å². The molecule has 1 N–H and O–H groups in total. The number of carbonyl (C=O) groups excluding carboxylic acids is 1. The molecule has 8 heteroatoms. The number of amides is 1. The molecule has 0 bridgehead atoms. The van der Waals surface area contributed by atoms with Crippen LogP contribution in [0.25, 0.3) is 0 Å². The molecule has 0 aliphatic carbocycles. The van der Waals surface area contributed by atoms with Crippen molar-refractivity contribution in [2.24, 2.45) is 4.99 Å². The molecule has 1 saturated heterocycles. The average molecular weight is 369 g/mol. The van der Waals surface area contributed by atoms with Gasteiger partial charge < -0.3 is 15.0 Å². The van der Waals surface area contributed by atoms with Gasteiger partial charge in [-0.1, -0.05) is 0 Å². The van der Waals surface area contributed by atoms with E-state index in [9.17, 15) is 18.0 Å². The highest BCUT2D eigenvalue weighted by Crippen LogP contribution is 2.31. The van der Waals surface area contributed by atoms with Gasteiger partial charge in [0.05, 0.1) is 11.7 Å². The quantitative estimate of drug-likeness (QED) is 0.825. The number of rotatable bonds is 1. The topological polar surface area (TPSA) is 53.9 Å². The first kappa shape index (κ1) is 18.5. The Bertz CT molecular complexity index is 746. The normalized spacial score (nSPS) is 22.7. The third-order valence-corrected chi connectivity index (χ3v) is 4.32. The van der Waals surface area contributed by atoms with Gasteiger partial charge in [0.1, 0.15) is 17.6 Å². The second-order valence-corrected chi connectivity index (χ2v) is 7.60.